The first kappa shape index (κ1) is 17.5. The van der Waals surface area contributed by atoms with E-state index < -0.39 is 29.6 Å². The van der Waals surface area contributed by atoms with Gasteiger partial charge in [-0.2, -0.15) is 0 Å². The van der Waals surface area contributed by atoms with Gasteiger partial charge < -0.3 is 10.4 Å². The van der Waals surface area contributed by atoms with Gasteiger partial charge in [0, 0.05) is 11.6 Å². The summed E-state index contributed by atoms with van der Waals surface area (Å²) in [4.78, 5) is 22.8. The van der Waals surface area contributed by atoms with E-state index in [0.29, 0.717) is 12.8 Å². The Bertz CT molecular complexity index is 748. The highest BCUT2D eigenvalue weighted by molar-refractivity contribution is 5.84. The molecule has 0 fully saturated rings. The van der Waals surface area contributed by atoms with E-state index >= 15 is 0 Å². The number of carboxylic acid groups (broad SMARTS) is 1. The van der Waals surface area contributed by atoms with E-state index in [-0.39, 0.29) is 17.8 Å². The van der Waals surface area contributed by atoms with E-state index in [1.165, 1.54) is 6.07 Å². The molecule has 1 aromatic heterocycles. The van der Waals surface area contributed by atoms with E-state index in [1.807, 2.05) is 6.92 Å². The van der Waals surface area contributed by atoms with Gasteiger partial charge in [0.25, 0.3) is 0 Å². The number of hydrogen-bond donors (Lipinski definition) is 2. The summed E-state index contributed by atoms with van der Waals surface area (Å²) in [5.74, 6) is -3.16. The molecule has 9 heteroatoms. The van der Waals surface area contributed by atoms with Gasteiger partial charge in [-0.3, -0.25) is 4.79 Å². The molecule has 0 saturated heterocycles. The number of aromatic carboxylic acids is 1. The number of halogens is 2. The topological polar surface area (TPSA) is 97.1 Å². The quantitative estimate of drug-likeness (QED) is 0.804. The highest BCUT2D eigenvalue weighted by Crippen LogP contribution is 2.22. The van der Waals surface area contributed by atoms with Crippen molar-refractivity contribution in [1.82, 2.24) is 20.3 Å². The normalized spacial score (nSPS) is 12.0. The van der Waals surface area contributed by atoms with Crippen molar-refractivity contribution in [2.24, 2.45) is 0 Å². The third kappa shape index (κ3) is 4.34. The Morgan fingerprint density at radius 3 is 2.71 bits per heavy atom. The molecule has 0 spiro atoms. The van der Waals surface area contributed by atoms with E-state index in [4.69, 9.17) is 5.11 Å². The number of nitrogens with zero attached hydrogens (tertiary/aromatic N) is 3. The number of nitrogens with one attached hydrogen (secondary N) is 1. The van der Waals surface area contributed by atoms with Crippen molar-refractivity contribution in [3.63, 3.8) is 0 Å². The Kier molecular flexibility index (Phi) is 5.56. The smallest absolute Gasteiger partial charge is 0.358 e. The summed E-state index contributed by atoms with van der Waals surface area (Å²) in [6.07, 6.45) is 2.26. The van der Waals surface area contributed by atoms with Gasteiger partial charge in [-0.15, -0.1) is 5.10 Å². The highest BCUT2D eigenvalue weighted by atomic mass is 19.1. The van der Waals surface area contributed by atoms with E-state index in [9.17, 15) is 18.4 Å². The Hall–Kier alpha value is -2.84. The number of hydrogen-bond acceptors (Lipinski definition) is 4. The molecule has 0 aliphatic carbocycles. The standard InChI is InChI=1S/C15H16F2N4O3/c1-2-3-12(10-5-4-9(16)6-11(10)17)18-14(22)8-21-7-13(15(23)24)19-20-21/h4-7,12H,2-3,8H2,1H3,(H,18,22)(H,23,24). The van der Waals surface area contributed by atoms with Crippen molar-refractivity contribution in [3.05, 3.63) is 47.3 Å². The zero-order chi connectivity index (χ0) is 17.7. The summed E-state index contributed by atoms with van der Waals surface area (Å²) in [6, 6.07) is 2.57. The molecule has 1 aromatic carbocycles. The van der Waals surface area contributed by atoms with Crippen molar-refractivity contribution >= 4 is 11.9 Å². The molecule has 7 nitrogen and oxygen atoms in total. The minimum Gasteiger partial charge on any atom is -0.476 e. The number of aromatic nitrogens is 3. The Morgan fingerprint density at radius 2 is 2.12 bits per heavy atom. The fourth-order valence-electron chi connectivity index (χ4n) is 2.24. The summed E-state index contributed by atoms with van der Waals surface area (Å²) >= 11 is 0. The number of amides is 1. The summed E-state index contributed by atoms with van der Waals surface area (Å²) in [7, 11) is 0. The van der Waals surface area contributed by atoms with Crippen LogP contribution in [0.1, 0.15) is 41.9 Å². The molecule has 2 rings (SSSR count). The van der Waals surface area contributed by atoms with Gasteiger partial charge >= 0.3 is 5.97 Å². The van der Waals surface area contributed by atoms with E-state index in [0.717, 1.165) is 23.0 Å². The van der Waals surface area contributed by atoms with Crippen LogP contribution in [0.25, 0.3) is 0 Å². The van der Waals surface area contributed by atoms with Crippen molar-refractivity contribution in [2.45, 2.75) is 32.4 Å². The average Bonchev–Trinajstić information content (AvgIpc) is 2.95. The van der Waals surface area contributed by atoms with Gasteiger partial charge in [0.15, 0.2) is 5.69 Å². The highest BCUT2D eigenvalue weighted by Gasteiger charge is 2.19. The van der Waals surface area contributed by atoms with E-state index in [2.05, 4.69) is 15.6 Å². The van der Waals surface area contributed by atoms with Crippen LogP contribution >= 0.6 is 0 Å². The molecule has 2 aromatic rings. The summed E-state index contributed by atoms with van der Waals surface area (Å²) < 4.78 is 28.0. The summed E-state index contributed by atoms with van der Waals surface area (Å²) in [5.41, 5.74) is -0.0890. The maximum absolute atomic E-state index is 13.9. The predicted molar refractivity (Wildman–Crippen MR) is 79.1 cm³/mol. The predicted octanol–water partition coefficient (Wildman–Crippen LogP) is 1.91. The van der Waals surface area contributed by atoms with Crippen molar-refractivity contribution in [1.29, 1.82) is 0 Å². The fourth-order valence-corrected chi connectivity index (χ4v) is 2.24. The number of rotatable bonds is 7. The van der Waals surface area contributed by atoms with Gasteiger partial charge in [-0.25, -0.2) is 18.3 Å². The van der Waals surface area contributed by atoms with Gasteiger partial charge in [0.1, 0.15) is 18.2 Å². The van der Waals surface area contributed by atoms with Crippen LogP contribution in [0.2, 0.25) is 0 Å². The molecule has 1 amide bonds. The molecular weight excluding hydrogens is 322 g/mol. The van der Waals surface area contributed by atoms with Gasteiger partial charge in [0.05, 0.1) is 12.2 Å². The molecule has 2 N–H and O–H groups in total. The zero-order valence-corrected chi connectivity index (χ0v) is 12.9. The molecule has 0 bridgehead atoms. The van der Waals surface area contributed by atoms with Crippen LogP contribution in [0.4, 0.5) is 8.78 Å². The van der Waals surface area contributed by atoms with Gasteiger partial charge in [0.2, 0.25) is 5.91 Å². The number of carbonyl (C=O) groups excluding carboxylic acids is 1. The molecule has 128 valence electrons. The maximum Gasteiger partial charge on any atom is 0.358 e. The molecule has 1 unspecified atom stereocenters. The number of carbonyl (C=O) groups is 2. The molecule has 0 saturated carbocycles. The van der Waals surface area contributed by atoms with Crippen LogP contribution < -0.4 is 5.32 Å². The minimum atomic E-state index is -1.25. The Labute approximate surface area is 136 Å². The number of carboxylic acids is 1. The Morgan fingerprint density at radius 1 is 1.38 bits per heavy atom. The van der Waals surface area contributed by atoms with E-state index in [1.54, 1.807) is 0 Å². The molecule has 1 atom stereocenters. The lowest BCUT2D eigenvalue weighted by molar-refractivity contribution is -0.122. The monoisotopic (exact) mass is 338 g/mol. The molecule has 0 aliphatic heterocycles. The summed E-state index contributed by atoms with van der Waals surface area (Å²) in [6.45, 7) is 1.61. The molecule has 0 radical (unpaired) electrons. The first-order valence-corrected chi connectivity index (χ1v) is 7.28. The van der Waals surface area contributed by atoms with Crippen LogP contribution in [0.15, 0.2) is 24.4 Å². The second-order valence-corrected chi connectivity index (χ2v) is 5.18. The van der Waals surface area contributed by atoms with Crippen LogP contribution in [-0.2, 0) is 11.3 Å². The maximum atomic E-state index is 13.9. The minimum absolute atomic E-state index is 0.191. The van der Waals surface area contributed by atoms with Crippen LogP contribution in [-0.4, -0.2) is 32.0 Å². The third-order valence-electron chi connectivity index (χ3n) is 3.31. The van der Waals surface area contributed by atoms with Crippen LogP contribution in [0.5, 0.6) is 0 Å². The number of benzene rings is 1. The van der Waals surface area contributed by atoms with Gasteiger partial charge in [-0.1, -0.05) is 24.6 Å². The first-order valence-electron chi connectivity index (χ1n) is 7.28. The third-order valence-corrected chi connectivity index (χ3v) is 3.31. The fraction of sp³-hybridized carbons (Fsp3) is 0.333. The van der Waals surface area contributed by atoms with Gasteiger partial charge in [-0.05, 0) is 12.5 Å². The molecule has 1 heterocycles. The zero-order valence-electron chi connectivity index (χ0n) is 12.9. The lowest BCUT2D eigenvalue weighted by Crippen LogP contribution is -2.32. The summed E-state index contributed by atoms with van der Waals surface area (Å²) in [5, 5.41) is 18.3. The van der Waals surface area contributed by atoms with Crippen molar-refractivity contribution in [3.8, 4) is 0 Å². The molecule has 0 aliphatic rings. The second-order valence-electron chi connectivity index (χ2n) is 5.18. The lowest BCUT2D eigenvalue weighted by atomic mass is 10.0. The van der Waals surface area contributed by atoms with Crippen LogP contribution in [0, 0.1) is 11.6 Å². The lowest BCUT2D eigenvalue weighted by Gasteiger charge is -2.19. The molecular formula is C15H16F2N4O3. The first-order chi connectivity index (χ1) is 11.4. The van der Waals surface area contributed by atoms with Crippen molar-refractivity contribution in [2.75, 3.05) is 0 Å². The Balaban J connectivity index is 2.08. The SMILES string of the molecule is CCCC(NC(=O)Cn1cc(C(=O)O)nn1)c1ccc(F)cc1F. The average molecular weight is 338 g/mol. The van der Waals surface area contributed by atoms with Crippen LogP contribution in [0.3, 0.4) is 0 Å². The second kappa shape index (κ2) is 7.62. The molecule has 24 heavy (non-hydrogen) atoms. The van der Waals surface area contributed by atoms with Crippen molar-refractivity contribution < 1.29 is 23.5 Å². The largest absolute Gasteiger partial charge is 0.476 e.